The Kier molecular flexibility index (Phi) is 3.18. The Balaban J connectivity index is 1.82. The molecule has 2 aromatic rings. The SMILES string of the molecule is Cc1ccc(-n2ccc(C3CCCCC3)n2)cc1. The van der Waals surface area contributed by atoms with Crippen LogP contribution in [0.25, 0.3) is 5.69 Å². The van der Waals surface area contributed by atoms with Crippen molar-refractivity contribution in [2.75, 3.05) is 0 Å². The smallest absolute Gasteiger partial charge is 0.0659 e. The summed E-state index contributed by atoms with van der Waals surface area (Å²) in [6.45, 7) is 2.11. The van der Waals surface area contributed by atoms with Crippen LogP contribution >= 0.6 is 0 Å². The normalized spacial score (nSPS) is 16.9. The molecule has 94 valence electrons. The maximum Gasteiger partial charge on any atom is 0.0659 e. The molecule has 0 saturated heterocycles. The van der Waals surface area contributed by atoms with E-state index in [-0.39, 0.29) is 0 Å². The molecule has 0 spiro atoms. The van der Waals surface area contributed by atoms with E-state index in [1.807, 2.05) is 4.68 Å². The monoisotopic (exact) mass is 240 g/mol. The summed E-state index contributed by atoms with van der Waals surface area (Å²) in [7, 11) is 0. The molecule has 1 saturated carbocycles. The molecule has 18 heavy (non-hydrogen) atoms. The fourth-order valence-corrected chi connectivity index (χ4v) is 2.80. The van der Waals surface area contributed by atoms with Gasteiger partial charge in [-0.15, -0.1) is 0 Å². The van der Waals surface area contributed by atoms with Crippen molar-refractivity contribution in [2.45, 2.75) is 44.9 Å². The zero-order valence-electron chi connectivity index (χ0n) is 11.0. The first-order valence-electron chi connectivity index (χ1n) is 6.95. The Hall–Kier alpha value is -1.57. The average molecular weight is 240 g/mol. The van der Waals surface area contributed by atoms with Gasteiger partial charge in [-0.1, -0.05) is 37.0 Å². The van der Waals surface area contributed by atoms with Crippen molar-refractivity contribution in [3.8, 4) is 5.69 Å². The van der Waals surface area contributed by atoms with Crippen molar-refractivity contribution in [3.63, 3.8) is 0 Å². The molecular formula is C16H20N2. The van der Waals surface area contributed by atoms with Gasteiger partial charge in [-0.3, -0.25) is 0 Å². The Morgan fingerprint density at radius 2 is 1.72 bits per heavy atom. The maximum absolute atomic E-state index is 4.75. The quantitative estimate of drug-likeness (QED) is 0.768. The van der Waals surface area contributed by atoms with Gasteiger partial charge in [0, 0.05) is 12.1 Å². The second kappa shape index (κ2) is 4.97. The van der Waals surface area contributed by atoms with Crippen LogP contribution < -0.4 is 0 Å². The lowest BCUT2D eigenvalue weighted by Crippen LogP contribution is -2.06. The van der Waals surface area contributed by atoms with Crippen molar-refractivity contribution < 1.29 is 0 Å². The Morgan fingerprint density at radius 1 is 1.00 bits per heavy atom. The second-order valence-electron chi connectivity index (χ2n) is 5.36. The van der Waals surface area contributed by atoms with E-state index in [0.717, 1.165) is 5.69 Å². The Morgan fingerprint density at radius 3 is 2.44 bits per heavy atom. The highest BCUT2D eigenvalue weighted by Crippen LogP contribution is 2.31. The predicted molar refractivity (Wildman–Crippen MR) is 74.1 cm³/mol. The molecule has 2 nitrogen and oxygen atoms in total. The fourth-order valence-electron chi connectivity index (χ4n) is 2.80. The molecule has 3 rings (SSSR count). The second-order valence-corrected chi connectivity index (χ2v) is 5.36. The highest BCUT2D eigenvalue weighted by molar-refractivity contribution is 5.33. The predicted octanol–water partition coefficient (Wildman–Crippen LogP) is 4.23. The van der Waals surface area contributed by atoms with Crippen molar-refractivity contribution >= 4 is 0 Å². The van der Waals surface area contributed by atoms with E-state index in [0.29, 0.717) is 5.92 Å². The molecule has 1 aromatic carbocycles. The van der Waals surface area contributed by atoms with E-state index < -0.39 is 0 Å². The lowest BCUT2D eigenvalue weighted by atomic mass is 9.87. The number of hydrogen-bond acceptors (Lipinski definition) is 1. The largest absolute Gasteiger partial charge is 0.241 e. The molecule has 1 aliphatic rings. The summed E-state index contributed by atoms with van der Waals surface area (Å²) in [6.07, 6.45) is 8.84. The number of nitrogens with zero attached hydrogens (tertiary/aromatic N) is 2. The third-order valence-corrected chi connectivity index (χ3v) is 3.93. The number of rotatable bonds is 2. The zero-order chi connectivity index (χ0) is 12.4. The summed E-state index contributed by atoms with van der Waals surface area (Å²) in [4.78, 5) is 0. The zero-order valence-corrected chi connectivity index (χ0v) is 11.0. The van der Waals surface area contributed by atoms with Crippen LogP contribution in [-0.4, -0.2) is 9.78 Å². The molecule has 0 unspecified atom stereocenters. The third kappa shape index (κ3) is 2.33. The van der Waals surface area contributed by atoms with Gasteiger partial charge in [-0.25, -0.2) is 4.68 Å². The van der Waals surface area contributed by atoms with E-state index in [1.54, 1.807) is 0 Å². The first kappa shape index (κ1) is 11.5. The Labute approximate surface area is 109 Å². The molecule has 1 fully saturated rings. The fraction of sp³-hybridized carbons (Fsp3) is 0.438. The van der Waals surface area contributed by atoms with Crippen LogP contribution in [0.2, 0.25) is 0 Å². The summed E-state index contributed by atoms with van der Waals surface area (Å²) in [5.74, 6) is 0.686. The summed E-state index contributed by atoms with van der Waals surface area (Å²) in [6, 6.07) is 10.7. The van der Waals surface area contributed by atoms with E-state index in [1.165, 1.54) is 43.4 Å². The number of aryl methyl sites for hydroxylation is 1. The van der Waals surface area contributed by atoms with Gasteiger partial charge in [0.25, 0.3) is 0 Å². The van der Waals surface area contributed by atoms with Gasteiger partial charge in [-0.05, 0) is 38.0 Å². The molecule has 0 amide bonds. The number of hydrogen-bond donors (Lipinski definition) is 0. The van der Waals surface area contributed by atoms with Crippen molar-refractivity contribution in [2.24, 2.45) is 0 Å². The van der Waals surface area contributed by atoms with E-state index in [9.17, 15) is 0 Å². The van der Waals surface area contributed by atoms with Gasteiger partial charge < -0.3 is 0 Å². The van der Waals surface area contributed by atoms with Gasteiger partial charge >= 0.3 is 0 Å². The molecule has 1 aliphatic carbocycles. The minimum Gasteiger partial charge on any atom is -0.241 e. The summed E-state index contributed by atoms with van der Waals surface area (Å²) >= 11 is 0. The minimum atomic E-state index is 0.686. The summed E-state index contributed by atoms with van der Waals surface area (Å²) in [5, 5.41) is 4.75. The van der Waals surface area contributed by atoms with Gasteiger partial charge in [0.05, 0.1) is 11.4 Å². The molecule has 0 aliphatic heterocycles. The van der Waals surface area contributed by atoms with Crippen molar-refractivity contribution in [1.29, 1.82) is 0 Å². The van der Waals surface area contributed by atoms with Gasteiger partial charge in [-0.2, -0.15) is 5.10 Å². The molecule has 2 heteroatoms. The maximum atomic E-state index is 4.75. The lowest BCUT2D eigenvalue weighted by molar-refractivity contribution is 0.435. The molecule has 0 N–H and O–H groups in total. The summed E-state index contributed by atoms with van der Waals surface area (Å²) in [5.41, 5.74) is 3.72. The highest BCUT2D eigenvalue weighted by Gasteiger charge is 2.17. The van der Waals surface area contributed by atoms with E-state index >= 15 is 0 Å². The highest BCUT2D eigenvalue weighted by atomic mass is 15.3. The number of benzene rings is 1. The molecule has 0 radical (unpaired) electrons. The van der Waals surface area contributed by atoms with Crippen LogP contribution in [0.15, 0.2) is 36.5 Å². The number of aromatic nitrogens is 2. The van der Waals surface area contributed by atoms with E-state index in [4.69, 9.17) is 5.10 Å². The average Bonchev–Trinajstić information content (AvgIpc) is 2.90. The first-order chi connectivity index (χ1) is 8.83. The summed E-state index contributed by atoms with van der Waals surface area (Å²) < 4.78 is 2.00. The standard InChI is InChI=1S/C16H20N2/c1-13-7-9-15(10-8-13)18-12-11-16(17-18)14-5-3-2-4-6-14/h7-12,14H,2-6H2,1H3. The van der Waals surface area contributed by atoms with Crippen molar-refractivity contribution in [3.05, 3.63) is 47.8 Å². The van der Waals surface area contributed by atoms with Crippen LogP contribution in [-0.2, 0) is 0 Å². The first-order valence-corrected chi connectivity index (χ1v) is 6.95. The Bertz CT molecular complexity index is 504. The van der Waals surface area contributed by atoms with Crippen LogP contribution in [0.5, 0.6) is 0 Å². The van der Waals surface area contributed by atoms with Crippen LogP contribution in [0.4, 0.5) is 0 Å². The van der Waals surface area contributed by atoms with Gasteiger partial charge in [0.2, 0.25) is 0 Å². The molecule has 1 aromatic heterocycles. The molecule has 0 atom stereocenters. The minimum absolute atomic E-state index is 0.686. The van der Waals surface area contributed by atoms with Gasteiger partial charge in [0.1, 0.15) is 0 Å². The molecule has 0 bridgehead atoms. The lowest BCUT2D eigenvalue weighted by Gasteiger charge is -2.19. The molecule has 1 heterocycles. The van der Waals surface area contributed by atoms with Crippen LogP contribution in [0, 0.1) is 6.92 Å². The van der Waals surface area contributed by atoms with Gasteiger partial charge in [0.15, 0.2) is 0 Å². The molecular weight excluding hydrogens is 220 g/mol. The van der Waals surface area contributed by atoms with Crippen LogP contribution in [0.3, 0.4) is 0 Å². The third-order valence-electron chi connectivity index (χ3n) is 3.93. The van der Waals surface area contributed by atoms with Crippen molar-refractivity contribution in [1.82, 2.24) is 9.78 Å². The van der Waals surface area contributed by atoms with E-state index in [2.05, 4.69) is 43.5 Å². The van der Waals surface area contributed by atoms with Crippen LogP contribution in [0.1, 0.15) is 49.3 Å². The topological polar surface area (TPSA) is 17.8 Å².